The standard InChI is InChI=1S/C19H19N3O4S/c1-10-7-5-6-8-13(10)17-21-22-19(26-17)27-9-14(23)16-11(2)15(12(3)20-16)18(24)25-4/h5-8,20H,9H2,1-4H3. The lowest BCUT2D eigenvalue weighted by atomic mass is 10.1. The maximum absolute atomic E-state index is 12.6. The van der Waals surface area contributed by atoms with Crippen LogP contribution in [-0.2, 0) is 4.74 Å². The first kappa shape index (κ1) is 18.9. The van der Waals surface area contributed by atoms with Crippen LogP contribution >= 0.6 is 11.8 Å². The molecule has 0 aliphatic rings. The predicted octanol–water partition coefficient (Wildman–Crippen LogP) is 3.75. The summed E-state index contributed by atoms with van der Waals surface area (Å²) in [5.41, 5.74) is 3.86. The lowest BCUT2D eigenvalue weighted by Gasteiger charge is -2.00. The Bertz CT molecular complexity index is 1010. The van der Waals surface area contributed by atoms with Crippen LogP contribution in [-0.4, -0.2) is 39.8 Å². The highest BCUT2D eigenvalue weighted by molar-refractivity contribution is 7.99. The number of nitrogens with zero attached hydrogens (tertiary/aromatic N) is 2. The van der Waals surface area contributed by atoms with Crippen molar-refractivity contribution in [3.05, 3.63) is 52.3 Å². The summed E-state index contributed by atoms with van der Waals surface area (Å²) >= 11 is 1.16. The molecule has 0 fully saturated rings. The van der Waals surface area contributed by atoms with Gasteiger partial charge in [0.1, 0.15) is 0 Å². The van der Waals surface area contributed by atoms with E-state index in [-0.39, 0.29) is 11.5 Å². The summed E-state index contributed by atoms with van der Waals surface area (Å²) in [5, 5.41) is 8.36. The fourth-order valence-electron chi connectivity index (χ4n) is 2.83. The fraction of sp³-hybridized carbons (Fsp3) is 0.263. The minimum Gasteiger partial charge on any atom is -0.465 e. The molecule has 0 atom stereocenters. The molecule has 0 saturated carbocycles. The number of aromatic amines is 1. The Hall–Kier alpha value is -2.87. The van der Waals surface area contributed by atoms with Crippen molar-refractivity contribution in [2.45, 2.75) is 26.0 Å². The third-order valence-electron chi connectivity index (χ3n) is 4.21. The van der Waals surface area contributed by atoms with Gasteiger partial charge in [-0.05, 0) is 38.0 Å². The maximum atomic E-state index is 12.6. The van der Waals surface area contributed by atoms with Gasteiger partial charge >= 0.3 is 5.97 Å². The first-order chi connectivity index (χ1) is 12.9. The van der Waals surface area contributed by atoms with E-state index in [0.717, 1.165) is 22.9 Å². The number of rotatable bonds is 6. The second-order valence-electron chi connectivity index (χ2n) is 6.02. The zero-order chi connectivity index (χ0) is 19.6. The van der Waals surface area contributed by atoms with Gasteiger partial charge in [-0.25, -0.2) is 4.79 Å². The molecule has 0 unspecified atom stereocenters. The Morgan fingerprint density at radius 2 is 1.93 bits per heavy atom. The van der Waals surface area contributed by atoms with Gasteiger partial charge in [-0.2, -0.15) is 0 Å². The molecular formula is C19H19N3O4S. The molecule has 0 spiro atoms. The number of benzene rings is 1. The molecule has 0 aliphatic heterocycles. The number of hydrogen-bond acceptors (Lipinski definition) is 7. The molecule has 0 saturated heterocycles. The van der Waals surface area contributed by atoms with Crippen molar-refractivity contribution in [2.24, 2.45) is 0 Å². The normalized spacial score (nSPS) is 10.8. The first-order valence-electron chi connectivity index (χ1n) is 8.25. The Morgan fingerprint density at radius 3 is 2.63 bits per heavy atom. The fourth-order valence-corrected chi connectivity index (χ4v) is 3.46. The lowest BCUT2D eigenvalue weighted by Crippen LogP contribution is -2.07. The van der Waals surface area contributed by atoms with Crippen LogP contribution in [0.2, 0.25) is 0 Å². The summed E-state index contributed by atoms with van der Waals surface area (Å²) in [6.07, 6.45) is 0. The number of carbonyl (C=O) groups is 2. The van der Waals surface area contributed by atoms with Crippen molar-refractivity contribution in [1.82, 2.24) is 15.2 Å². The number of carbonyl (C=O) groups excluding carboxylic acids is 2. The molecule has 8 heteroatoms. The van der Waals surface area contributed by atoms with Crippen LogP contribution in [0.4, 0.5) is 0 Å². The molecule has 0 amide bonds. The largest absolute Gasteiger partial charge is 0.465 e. The van der Waals surface area contributed by atoms with Gasteiger partial charge in [-0.3, -0.25) is 4.79 Å². The topological polar surface area (TPSA) is 98.1 Å². The van der Waals surface area contributed by atoms with Gasteiger partial charge < -0.3 is 14.1 Å². The number of Topliss-reactive ketones (excluding diaryl/α,β-unsaturated/α-hetero) is 1. The molecule has 0 aliphatic carbocycles. The number of ether oxygens (including phenoxy) is 1. The van der Waals surface area contributed by atoms with Crippen LogP contribution < -0.4 is 0 Å². The van der Waals surface area contributed by atoms with E-state index in [1.165, 1.54) is 7.11 Å². The highest BCUT2D eigenvalue weighted by Crippen LogP contribution is 2.27. The van der Waals surface area contributed by atoms with Crippen molar-refractivity contribution in [1.29, 1.82) is 0 Å². The van der Waals surface area contributed by atoms with Gasteiger partial charge in [0.05, 0.1) is 24.1 Å². The van der Waals surface area contributed by atoms with Crippen LogP contribution in [0.1, 0.15) is 37.7 Å². The maximum Gasteiger partial charge on any atom is 0.339 e. The van der Waals surface area contributed by atoms with Gasteiger partial charge in [0.2, 0.25) is 5.89 Å². The molecule has 0 bridgehead atoms. The Balaban J connectivity index is 1.72. The van der Waals surface area contributed by atoms with E-state index in [2.05, 4.69) is 15.2 Å². The molecule has 27 heavy (non-hydrogen) atoms. The number of methoxy groups -OCH3 is 1. The van der Waals surface area contributed by atoms with E-state index in [0.29, 0.717) is 33.6 Å². The van der Waals surface area contributed by atoms with Crippen molar-refractivity contribution in [3.63, 3.8) is 0 Å². The minimum absolute atomic E-state index is 0.108. The SMILES string of the molecule is COC(=O)c1c(C)[nH]c(C(=O)CSc2nnc(-c3ccccc3C)o2)c1C. The smallest absolute Gasteiger partial charge is 0.339 e. The van der Waals surface area contributed by atoms with Gasteiger partial charge in [0, 0.05) is 11.3 Å². The number of H-pyrrole nitrogens is 1. The van der Waals surface area contributed by atoms with Crippen molar-refractivity contribution in [3.8, 4) is 11.5 Å². The van der Waals surface area contributed by atoms with Gasteiger partial charge in [-0.15, -0.1) is 10.2 Å². The van der Waals surface area contributed by atoms with Gasteiger partial charge in [0.25, 0.3) is 5.22 Å². The molecule has 3 rings (SSSR count). The highest BCUT2D eigenvalue weighted by atomic mass is 32.2. The lowest BCUT2D eigenvalue weighted by molar-refractivity contribution is 0.0599. The zero-order valence-electron chi connectivity index (χ0n) is 15.5. The van der Waals surface area contributed by atoms with E-state index >= 15 is 0 Å². The predicted molar refractivity (Wildman–Crippen MR) is 101 cm³/mol. The van der Waals surface area contributed by atoms with Crippen LogP contribution in [0.3, 0.4) is 0 Å². The monoisotopic (exact) mass is 385 g/mol. The van der Waals surface area contributed by atoms with Crippen molar-refractivity contribution < 1.29 is 18.7 Å². The van der Waals surface area contributed by atoms with E-state index in [9.17, 15) is 9.59 Å². The summed E-state index contributed by atoms with van der Waals surface area (Å²) in [5.74, 6) is -0.0985. The van der Waals surface area contributed by atoms with E-state index in [4.69, 9.17) is 9.15 Å². The first-order valence-corrected chi connectivity index (χ1v) is 9.24. The average molecular weight is 385 g/mol. The van der Waals surface area contributed by atoms with E-state index in [1.807, 2.05) is 31.2 Å². The molecule has 0 radical (unpaired) electrons. The summed E-state index contributed by atoms with van der Waals surface area (Å²) < 4.78 is 10.4. The third kappa shape index (κ3) is 3.80. The summed E-state index contributed by atoms with van der Waals surface area (Å²) in [6.45, 7) is 5.41. The molecule has 2 aromatic heterocycles. The number of esters is 1. The molecule has 2 heterocycles. The summed E-state index contributed by atoms with van der Waals surface area (Å²) in [4.78, 5) is 27.4. The molecular weight excluding hydrogens is 366 g/mol. The highest BCUT2D eigenvalue weighted by Gasteiger charge is 2.23. The second kappa shape index (κ2) is 7.79. The second-order valence-corrected chi connectivity index (χ2v) is 6.94. The minimum atomic E-state index is -0.465. The number of thioether (sulfide) groups is 1. The van der Waals surface area contributed by atoms with Crippen LogP contribution in [0.25, 0.3) is 11.5 Å². The number of aromatic nitrogens is 3. The van der Waals surface area contributed by atoms with E-state index in [1.54, 1.807) is 13.8 Å². The number of ketones is 1. The number of hydrogen-bond donors (Lipinski definition) is 1. The quantitative estimate of drug-likeness (QED) is 0.392. The van der Waals surface area contributed by atoms with E-state index < -0.39 is 5.97 Å². The number of nitrogens with one attached hydrogen (secondary N) is 1. The van der Waals surface area contributed by atoms with Crippen molar-refractivity contribution in [2.75, 3.05) is 12.9 Å². The molecule has 1 N–H and O–H groups in total. The summed E-state index contributed by atoms with van der Waals surface area (Å²) in [7, 11) is 1.31. The Kier molecular flexibility index (Phi) is 5.46. The molecule has 3 aromatic rings. The number of aryl methyl sites for hydroxylation is 2. The van der Waals surface area contributed by atoms with Crippen LogP contribution in [0.15, 0.2) is 33.9 Å². The molecule has 7 nitrogen and oxygen atoms in total. The average Bonchev–Trinajstić information content (AvgIpc) is 3.24. The van der Waals surface area contributed by atoms with Crippen molar-refractivity contribution >= 4 is 23.5 Å². The Labute approximate surface area is 160 Å². The zero-order valence-corrected chi connectivity index (χ0v) is 16.3. The van der Waals surface area contributed by atoms with Crippen LogP contribution in [0, 0.1) is 20.8 Å². The molecule has 1 aromatic carbocycles. The third-order valence-corrected chi connectivity index (χ3v) is 5.03. The summed E-state index contributed by atoms with van der Waals surface area (Å²) in [6, 6.07) is 7.71. The van der Waals surface area contributed by atoms with Gasteiger partial charge in [-0.1, -0.05) is 30.0 Å². The molecule has 140 valence electrons. The van der Waals surface area contributed by atoms with Gasteiger partial charge in [0.15, 0.2) is 5.78 Å². The Morgan fingerprint density at radius 1 is 1.19 bits per heavy atom. The van der Waals surface area contributed by atoms with Crippen LogP contribution in [0.5, 0.6) is 0 Å².